The van der Waals surface area contributed by atoms with Gasteiger partial charge >= 0.3 is 0 Å². The highest BCUT2D eigenvalue weighted by Crippen LogP contribution is 2.29. The molecule has 0 bridgehead atoms. The number of rotatable bonds is 2. The standard InChI is InChI=1S/C11H22N2/c12-9-10-5-1-2-6-11(10)13-7-3-4-8-13/h10-11H,1-9,12H2/t10-,11?/m1/s1. The molecule has 0 radical (unpaired) electrons. The minimum atomic E-state index is 0.798. The van der Waals surface area contributed by atoms with Crippen LogP contribution >= 0.6 is 0 Å². The van der Waals surface area contributed by atoms with E-state index >= 15 is 0 Å². The molecule has 2 aliphatic rings. The molecule has 0 amide bonds. The van der Waals surface area contributed by atoms with E-state index in [0.717, 1.165) is 18.5 Å². The van der Waals surface area contributed by atoms with Crippen molar-refractivity contribution < 1.29 is 0 Å². The van der Waals surface area contributed by atoms with Crippen LogP contribution in [0, 0.1) is 5.92 Å². The summed E-state index contributed by atoms with van der Waals surface area (Å²) in [5, 5.41) is 0. The van der Waals surface area contributed by atoms with Gasteiger partial charge in [0.15, 0.2) is 0 Å². The van der Waals surface area contributed by atoms with Gasteiger partial charge in [0.2, 0.25) is 0 Å². The van der Waals surface area contributed by atoms with Gasteiger partial charge in [0.1, 0.15) is 0 Å². The van der Waals surface area contributed by atoms with Crippen LogP contribution in [0.15, 0.2) is 0 Å². The Kier molecular flexibility index (Phi) is 3.23. The molecular weight excluding hydrogens is 160 g/mol. The van der Waals surface area contributed by atoms with Gasteiger partial charge in [0.05, 0.1) is 0 Å². The highest BCUT2D eigenvalue weighted by Gasteiger charge is 2.30. The maximum atomic E-state index is 5.83. The molecule has 0 aromatic carbocycles. The molecule has 1 saturated carbocycles. The zero-order chi connectivity index (χ0) is 9.10. The third-order valence-corrected chi connectivity index (χ3v) is 3.78. The summed E-state index contributed by atoms with van der Waals surface area (Å²) in [6.07, 6.45) is 8.44. The van der Waals surface area contributed by atoms with Gasteiger partial charge in [-0.1, -0.05) is 12.8 Å². The minimum absolute atomic E-state index is 0.798. The third kappa shape index (κ3) is 2.05. The van der Waals surface area contributed by atoms with Gasteiger partial charge in [-0.05, 0) is 51.2 Å². The van der Waals surface area contributed by atoms with Crippen molar-refractivity contribution in [1.82, 2.24) is 4.90 Å². The summed E-state index contributed by atoms with van der Waals surface area (Å²) in [6.45, 7) is 3.57. The summed E-state index contributed by atoms with van der Waals surface area (Å²) < 4.78 is 0. The van der Waals surface area contributed by atoms with Crippen LogP contribution in [-0.4, -0.2) is 30.6 Å². The van der Waals surface area contributed by atoms with E-state index in [1.807, 2.05) is 0 Å². The quantitative estimate of drug-likeness (QED) is 0.703. The lowest BCUT2D eigenvalue weighted by Crippen LogP contribution is -2.43. The van der Waals surface area contributed by atoms with Crippen molar-refractivity contribution in [1.29, 1.82) is 0 Å². The van der Waals surface area contributed by atoms with Gasteiger partial charge < -0.3 is 10.6 Å². The first-order valence-corrected chi connectivity index (χ1v) is 5.86. The van der Waals surface area contributed by atoms with Gasteiger partial charge in [-0.25, -0.2) is 0 Å². The molecule has 1 heterocycles. The van der Waals surface area contributed by atoms with E-state index in [9.17, 15) is 0 Å². The summed E-state index contributed by atoms with van der Waals surface area (Å²) >= 11 is 0. The van der Waals surface area contributed by atoms with Crippen molar-refractivity contribution in [2.75, 3.05) is 19.6 Å². The van der Waals surface area contributed by atoms with Crippen LogP contribution in [0.2, 0.25) is 0 Å². The number of likely N-dealkylation sites (tertiary alicyclic amines) is 1. The number of hydrogen-bond donors (Lipinski definition) is 1. The van der Waals surface area contributed by atoms with Crippen LogP contribution in [0.25, 0.3) is 0 Å². The van der Waals surface area contributed by atoms with E-state index in [4.69, 9.17) is 5.73 Å². The Labute approximate surface area is 81.5 Å². The van der Waals surface area contributed by atoms with Gasteiger partial charge in [-0.15, -0.1) is 0 Å². The molecule has 2 atom stereocenters. The lowest BCUT2D eigenvalue weighted by molar-refractivity contribution is 0.132. The van der Waals surface area contributed by atoms with Gasteiger partial charge in [0.25, 0.3) is 0 Å². The highest BCUT2D eigenvalue weighted by molar-refractivity contribution is 4.85. The van der Waals surface area contributed by atoms with Crippen molar-refractivity contribution in [2.45, 2.75) is 44.6 Å². The first kappa shape index (κ1) is 9.47. The predicted molar refractivity (Wildman–Crippen MR) is 55.6 cm³/mol. The monoisotopic (exact) mass is 182 g/mol. The molecule has 2 rings (SSSR count). The van der Waals surface area contributed by atoms with E-state index < -0.39 is 0 Å². The molecule has 1 unspecified atom stereocenters. The fraction of sp³-hybridized carbons (Fsp3) is 1.00. The number of nitrogens with zero attached hydrogens (tertiary/aromatic N) is 1. The zero-order valence-corrected chi connectivity index (χ0v) is 8.54. The van der Waals surface area contributed by atoms with Crippen molar-refractivity contribution in [3.8, 4) is 0 Å². The summed E-state index contributed by atoms with van der Waals surface area (Å²) in [7, 11) is 0. The van der Waals surface area contributed by atoms with E-state index in [2.05, 4.69) is 4.90 Å². The molecule has 2 fully saturated rings. The molecule has 1 aliphatic heterocycles. The van der Waals surface area contributed by atoms with Crippen molar-refractivity contribution in [3.05, 3.63) is 0 Å². The Morgan fingerprint density at radius 3 is 2.38 bits per heavy atom. The second kappa shape index (κ2) is 4.43. The van der Waals surface area contributed by atoms with Crippen LogP contribution in [0.4, 0.5) is 0 Å². The second-order valence-corrected chi connectivity index (χ2v) is 4.59. The summed E-state index contributed by atoms with van der Waals surface area (Å²) in [5.41, 5.74) is 5.83. The van der Waals surface area contributed by atoms with Crippen LogP contribution in [-0.2, 0) is 0 Å². The number of nitrogens with two attached hydrogens (primary N) is 1. The molecule has 0 aromatic rings. The molecule has 2 heteroatoms. The molecule has 2 nitrogen and oxygen atoms in total. The zero-order valence-electron chi connectivity index (χ0n) is 8.54. The first-order chi connectivity index (χ1) is 6.42. The lowest BCUT2D eigenvalue weighted by Gasteiger charge is -2.37. The van der Waals surface area contributed by atoms with Crippen molar-refractivity contribution in [2.24, 2.45) is 11.7 Å². The van der Waals surface area contributed by atoms with Gasteiger partial charge in [-0.3, -0.25) is 0 Å². The largest absolute Gasteiger partial charge is 0.330 e. The fourth-order valence-corrected chi connectivity index (χ4v) is 3.02. The average molecular weight is 182 g/mol. The van der Waals surface area contributed by atoms with E-state index in [1.165, 1.54) is 51.6 Å². The fourth-order valence-electron chi connectivity index (χ4n) is 3.02. The Bertz CT molecular complexity index is 150. The van der Waals surface area contributed by atoms with Crippen molar-refractivity contribution >= 4 is 0 Å². The Hall–Kier alpha value is -0.0800. The lowest BCUT2D eigenvalue weighted by atomic mass is 9.84. The Balaban J connectivity index is 1.93. The van der Waals surface area contributed by atoms with E-state index in [-0.39, 0.29) is 0 Å². The molecule has 0 spiro atoms. The Morgan fingerprint density at radius 1 is 1.00 bits per heavy atom. The molecule has 0 aromatic heterocycles. The summed E-state index contributed by atoms with van der Waals surface area (Å²) in [4.78, 5) is 2.69. The maximum Gasteiger partial charge on any atom is 0.0135 e. The van der Waals surface area contributed by atoms with Gasteiger partial charge in [-0.2, -0.15) is 0 Å². The first-order valence-electron chi connectivity index (χ1n) is 5.86. The molecule has 1 saturated heterocycles. The van der Waals surface area contributed by atoms with E-state index in [0.29, 0.717) is 0 Å². The van der Waals surface area contributed by atoms with Crippen molar-refractivity contribution in [3.63, 3.8) is 0 Å². The SMILES string of the molecule is NC[C@H]1CCCCC1N1CCCC1. The molecule has 13 heavy (non-hydrogen) atoms. The van der Waals surface area contributed by atoms with Gasteiger partial charge in [0, 0.05) is 6.04 Å². The minimum Gasteiger partial charge on any atom is -0.330 e. The molecule has 76 valence electrons. The van der Waals surface area contributed by atoms with Crippen LogP contribution in [0.3, 0.4) is 0 Å². The van der Waals surface area contributed by atoms with Crippen LogP contribution < -0.4 is 5.73 Å². The smallest absolute Gasteiger partial charge is 0.0135 e. The molecule has 2 N–H and O–H groups in total. The maximum absolute atomic E-state index is 5.83. The average Bonchev–Trinajstić information content (AvgIpc) is 2.70. The molecular formula is C11H22N2. The summed E-state index contributed by atoms with van der Waals surface area (Å²) in [6, 6.07) is 0.834. The van der Waals surface area contributed by atoms with Crippen LogP contribution in [0.5, 0.6) is 0 Å². The Morgan fingerprint density at radius 2 is 1.69 bits per heavy atom. The second-order valence-electron chi connectivity index (χ2n) is 4.59. The highest BCUT2D eigenvalue weighted by atomic mass is 15.2. The predicted octanol–water partition coefficient (Wildman–Crippen LogP) is 1.60. The summed E-state index contributed by atoms with van der Waals surface area (Å²) in [5.74, 6) is 0.798. The third-order valence-electron chi connectivity index (χ3n) is 3.78. The molecule has 1 aliphatic carbocycles. The van der Waals surface area contributed by atoms with Crippen LogP contribution in [0.1, 0.15) is 38.5 Å². The van der Waals surface area contributed by atoms with E-state index in [1.54, 1.807) is 0 Å². The normalized spacial score (nSPS) is 36.7. The topological polar surface area (TPSA) is 29.3 Å². The number of hydrogen-bond acceptors (Lipinski definition) is 2.